The maximum absolute atomic E-state index is 6.00. The summed E-state index contributed by atoms with van der Waals surface area (Å²) in [6.07, 6.45) is 1.00. The van der Waals surface area contributed by atoms with Gasteiger partial charge in [0.2, 0.25) is 0 Å². The number of aromatic nitrogens is 1. The summed E-state index contributed by atoms with van der Waals surface area (Å²) in [4.78, 5) is 5.82. The van der Waals surface area contributed by atoms with Crippen LogP contribution in [0.4, 0.5) is 0 Å². The van der Waals surface area contributed by atoms with Gasteiger partial charge in [0.15, 0.2) is 0 Å². The number of thiazole rings is 1. The van der Waals surface area contributed by atoms with Gasteiger partial charge in [-0.1, -0.05) is 6.92 Å². The highest BCUT2D eigenvalue weighted by molar-refractivity contribution is 7.11. The first kappa shape index (κ1) is 11.0. The molecule has 0 bridgehead atoms. The third-order valence-electron chi connectivity index (χ3n) is 2.35. The molecule has 74 valence electrons. The molecule has 0 saturated heterocycles. The average molecular weight is 218 g/mol. The molecule has 0 aromatic carbocycles. The molecule has 2 unspecified atom stereocenters. The molecule has 0 aliphatic heterocycles. The van der Waals surface area contributed by atoms with Crippen molar-refractivity contribution in [2.75, 3.05) is 0 Å². The van der Waals surface area contributed by atoms with E-state index < -0.39 is 0 Å². The zero-order chi connectivity index (χ0) is 10.0. The molecule has 1 aromatic heterocycles. The van der Waals surface area contributed by atoms with E-state index in [9.17, 15) is 0 Å². The van der Waals surface area contributed by atoms with E-state index in [1.807, 2.05) is 6.92 Å². The minimum atomic E-state index is 0.226. The third-order valence-corrected chi connectivity index (χ3v) is 3.88. The van der Waals surface area contributed by atoms with Gasteiger partial charge in [0.1, 0.15) is 0 Å². The number of aryl methyl sites for hydroxylation is 2. The second-order valence-electron chi connectivity index (χ2n) is 3.61. The number of alkyl halides is 1. The standard InChI is InChI=1S/C10H16ClNS/c1-6(7(2)11)5-10-12-8(3)9(4)13-10/h6-7H,5H2,1-4H3. The largest absolute Gasteiger partial charge is 0.246 e. The predicted molar refractivity (Wildman–Crippen MR) is 59.8 cm³/mol. The molecule has 1 nitrogen and oxygen atoms in total. The molecule has 0 aliphatic carbocycles. The first-order valence-electron chi connectivity index (χ1n) is 4.57. The van der Waals surface area contributed by atoms with Crippen molar-refractivity contribution in [3.8, 4) is 0 Å². The highest BCUT2D eigenvalue weighted by Crippen LogP contribution is 2.22. The summed E-state index contributed by atoms with van der Waals surface area (Å²) in [5.74, 6) is 0.506. The molecule has 1 heterocycles. The Morgan fingerprint density at radius 3 is 2.38 bits per heavy atom. The van der Waals surface area contributed by atoms with Gasteiger partial charge in [-0.2, -0.15) is 0 Å². The van der Waals surface area contributed by atoms with Gasteiger partial charge in [0.05, 0.1) is 10.7 Å². The van der Waals surface area contributed by atoms with E-state index in [1.165, 1.54) is 9.88 Å². The highest BCUT2D eigenvalue weighted by atomic mass is 35.5. The summed E-state index contributed by atoms with van der Waals surface area (Å²) >= 11 is 7.79. The van der Waals surface area contributed by atoms with Crippen LogP contribution in [-0.2, 0) is 6.42 Å². The Balaban J connectivity index is 2.64. The van der Waals surface area contributed by atoms with Crippen LogP contribution in [0.15, 0.2) is 0 Å². The minimum absolute atomic E-state index is 0.226. The maximum Gasteiger partial charge on any atom is 0.0934 e. The molecule has 0 saturated carbocycles. The SMILES string of the molecule is Cc1nc(CC(C)C(C)Cl)sc1C. The lowest BCUT2D eigenvalue weighted by Crippen LogP contribution is -2.09. The molecule has 0 radical (unpaired) electrons. The minimum Gasteiger partial charge on any atom is -0.246 e. The van der Waals surface area contributed by atoms with Crippen LogP contribution >= 0.6 is 22.9 Å². The normalized spacial score (nSPS) is 15.8. The van der Waals surface area contributed by atoms with E-state index in [4.69, 9.17) is 11.6 Å². The number of halogens is 1. The molecule has 0 fully saturated rings. The summed E-state index contributed by atoms with van der Waals surface area (Å²) in [6.45, 7) is 8.39. The van der Waals surface area contributed by atoms with Crippen LogP contribution in [0.2, 0.25) is 0 Å². The van der Waals surface area contributed by atoms with Crippen molar-refractivity contribution in [1.82, 2.24) is 4.98 Å². The zero-order valence-electron chi connectivity index (χ0n) is 8.60. The van der Waals surface area contributed by atoms with Crippen molar-refractivity contribution in [1.29, 1.82) is 0 Å². The van der Waals surface area contributed by atoms with Gasteiger partial charge in [0, 0.05) is 16.7 Å². The Bertz CT molecular complexity index is 261. The first-order valence-corrected chi connectivity index (χ1v) is 5.83. The fourth-order valence-corrected chi connectivity index (χ4v) is 2.23. The van der Waals surface area contributed by atoms with Gasteiger partial charge >= 0.3 is 0 Å². The van der Waals surface area contributed by atoms with E-state index in [0.29, 0.717) is 5.92 Å². The lowest BCUT2D eigenvalue weighted by atomic mass is 10.1. The van der Waals surface area contributed by atoms with Crippen molar-refractivity contribution < 1.29 is 0 Å². The van der Waals surface area contributed by atoms with Gasteiger partial charge in [-0.15, -0.1) is 22.9 Å². The third kappa shape index (κ3) is 2.96. The fraction of sp³-hybridized carbons (Fsp3) is 0.700. The monoisotopic (exact) mass is 217 g/mol. The zero-order valence-corrected chi connectivity index (χ0v) is 10.2. The lowest BCUT2D eigenvalue weighted by molar-refractivity contribution is 0.566. The van der Waals surface area contributed by atoms with Crippen molar-refractivity contribution in [2.45, 2.75) is 39.5 Å². The van der Waals surface area contributed by atoms with E-state index in [2.05, 4.69) is 25.8 Å². The Kier molecular flexibility index (Phi) is 3.74. The molecule has 0 amide bonds. The van der Waals surface area contributed by atoms with Gasteiger partial charge in [-0.05, 0) is 26.7 Å². The van der Waals surface area contributed by atoms with Crippen LogP contribution in [0.3, 0.4) is 0 Å². The summed E-state index contributed by atoms with van der Waals surface area (Å²) in [5.41, 5.74) is 1.16. The quantitative estimate of drug-likeness (QED) is 0.706. The smallest absolute Gasteiger partial charge is 0.0934 e. The first-order chi connectivity index (χ1) is 6.00. The Labute approximate surface area is 89.1 Å². The van der Waals surface area contributed by atoms with Crippen molar-refractivity contribution in [3.63, 3.8) is 0 Å². The molecule has 3 heteroatoms. The summed E-state index contributed by atoms with van der Waals surface area (Å²) in [5, 5.41) is 1.44. The van der Waals surface area contributed by atoms with Crippen molar-refractivity contribution in [2.24, 2.45) is 5.92 Å². The topological polar surface area (TPSA) is 12.9 Å². The predicted octanol–water partition coefficient (Wildman–Crippen LogP) is 3.57. The maximum atomic E-state index is 6.00. The van der Waals surface area contributed by atoms with Gasteiger partial charge in [-0.25, -0.2) is 4.98 Å². The van der Waals surface area contributed by atoms with E-state index in [-0.39, 0.29) is 5.38 Å². The molecular weight excluding hydrogens is 202 g/mol. The van der Waals surface area contributed by atoms with Crippen LogP contribution in [-0.4, -0.2) is 10.4 Å². The number of rotatable bonds is 3. The van der Waals surface area contributed by atoms with E-state index in [1.54, 1.807) is 11.3 Å². The number of hydrogen-bond donors (Lipinski definition) is 0. The fourth-order valence-electron chi connectivity index (χ4n) is 1.06. The van der Waals surface area contributed by atoms with Gasteiger partial charge in [-0.3, -0.25) is 0 Å². The van der Waals surface area contributed by atoms with E-state index >= 15 is 0 Å². The van der Waals surface area contributed by atoms with Crippen LogP contribution in [0.25, 0.3) is 0 Å². The summed E-state index contributed by atoms with van der Waals surface area (Å²) in [7, 11) is 0. The van der Waals surface area contributed by atoms with Crippen LogP contribution in [0.5, 0.6) is 0 Å². The summed E-state index contributed by atoms with van der Waals surface area (Å²) < 4.78 is 0. The van der Waals surface area contributed by atoms with Crippen molar-refractivity contribution in [3.05, 3.63) is 15.6 Å². The molecule has 2 atom stereocenters. The molecule has 1 rings (SSSR count). The second kappa shape index (κ2) is 4.43. The Morgan fingerprint density at radius 2 is 2.00 bits per heavy atom. The van der Waals surface area contributed by atoms with Crippen molar-refractivity contribution >= 4 is 22.9 Å². The van der Waals surface area contributed by atoms with Crippen LogP contribution in [0.1, 0.15) is 29.4 Å². The Hall–Kier alpha value is -0.0800. The molecule has 0 N–H and O–H groups in total. The molecule has 0 spiro atoms. The number of nitrogens with zero attached hydrogens (tertiary/aromatic N) is 1. The average Bonchev–Trinajstić information content (AvgIpc) is 2.31. The summed E-state index contributed by atoms with van der Waals surface area (Å²) in [6, 6.07) is 0. The molecular formula is C10H16ClNS. The van der Waals surface area contributed by atoms with Crippen LogP contribution < -0.4 is 0 Å². The van der Waals surface area contributed by atoms with Gasteiger partial charge < -0.3 is 0 Å². The lowest BCUT2D eigenvalue weighted by Gasteiger charge is -2.10. The van der Waals surface area contributed by atoms with E-state index in [0.717, 1.165) is 12.1 Å². The molecule has 13 heavy (non-hydrogen) atoms. The van der Waals surface area contributed by atoms with Crippen LogP contribution in [0, 0.1) is 19.8 Å². The Morgan fingerprint density at radius 1 is 1.38 bits per heavy atom. The van der Waals surface area contributed by atoms with Gasteiger partial charge in [0.25, 0.3) is 0 Å². The highest BCUT2D eigenvalue weighted by Gasteiger charge is 2.12. The molecule has 1 aromatic rings. The second-order valence-corrected chi connectivity index (χ2v) is 5.58. The number of hydrogen-bond acceptors (Lipinski definition) is 2. The molecule has 0 aliphatic rings.